The molecule has 2 aromatic rings. The van der Waals surface area contributed by atoms with Crippen LogP contribution in [0, 0.1) is 5.82 Å². The van der Waals surface area contributed by atoms with Crippen LogP contribution in [0.15, 0.2) is 46.9 Å². The molecule has 0 saturated carbocycles. The molecule has 0 aliphatic rings. The Balaban J connectivity index is 2.44. The Morgan fingerprint density at radius 1 is 1.18 bits per heavy atom. The molecule has 0 unspecified atom stereocenters. The summed E-state index contributed by atoms with van der Waals surface area (Å²) < 4.78 is 13.3. The van der Waals surface area contributed by atoms with Crippen LogP contribution >= 0.6 is 27.5 Å². The van der Waals surface area contributed by atoms with E-state index in [0.717, 1.165) is 0 Å². The van der Waals surface area contributed by atoms with Crippen molar-refractivity contribution in [1.29, 1.82) is 0 Å². The van der Waals surface area contributed by atoms with E-state index in [0.29, 0.717) is 16.1 Å². The number of ketones is 1. The zero-order valence-corrected chi connectivity index (χ0v) is 10.9. The fraction of sp³-hybridized carbons (Fsp3) is 0. The zero-order chi connectivity index (χ0) is 12.4. The third-order valence-corrected chi connectivity index (χ3v) is 3.24. The average molecular weight is 314 g/mol. The molecular formula is C13H7BrClFO. The highest BCUT2D eigenvalue weighted by molar-refractivity contribution is 9.10. The predicted molar refractivity (Wildman–Crippen MR) is 69.0 cm³/mol. The standard InChI is InChI=1S/C13H7BrClFO/c14-10-7-8(5-6-12(10)16)13(17)9-3-1-2-4-11(9)15/h1-7H. The summed E-state index contributed by atoms with van der Waals surface area (Å²) in [4.78, 5) is 12.1. The lowest BCUT2D eigenvalue weighted by atomic mass is 10.0. The van der Waals surface area contributed by atoms with E-state index in [1.807, 2.05) is 0 Å². The lowest BCUT2D eigenvalue weighted by Gasteiger charge is -2.04. The van der Waals surface area contributed by atoms with E-state index < -0.39 is 5.82 Å². The Labute approximate surface area is 111 Å². The predicted octanol–water partition coefficient (Wildman–Crippen LogP) is 4.47. The van der Waals surface area contributed by atoms with Crippen molar-refractivity contribution in [3.63, 3.8) is 0 Å². The number of carbonyl (C=O) groups is 1. The van der Waals surface area contributed by atoms with Crippen LogP contribution in [0.1, 0.15) is 15.9 Å². The number of benzene rings is 2. The van der Waals surface area contributed by atoms with Gasteiger partial charge in [0.15, 0.2) is 5.78 Å². The van der Waals surface area contributed by atoms with Crippen LogP contribution in [-0.2, 0) is 0 Å². The Morgan fingerprint density at radius 2 is 1.88 bits per heavy atom. The Hall–Kier alpha value is -1.19. The van der Waals surface area contributed by atoms with Crippen LogP contribution in [0.3, 0.4) is 0 Å². The van der Waals surface area contributed by atoms with E-state index in [1.54, 1.807) is 24.3 Å². The SMILES string of the molecule is O=C(c1ccc(F)c(Br)c1)c1ccccc1Cl. The van der Waals surface area contributed by atoms with Gasteiger partial charge < -0.3 is 0 Å². The first kappa shape index (κ1) is 12.3. The van der Waals surface area contributed by atoms with Crippen molar-refractivity contribution in [3.05, 3.63) is 68.9 Å². The molecule has 0 bridgehead atoms. The molecule has 0 amide bonds. The lowest BCUT2D eigenvalue weighted by molar-refractivity contribution is 0.103. The van der Waals surface area contributed by atoms with Crippen LogP contribution in [0.4, 0.5) is 4.39 Å². The van der Waals surface area contributed by atoms with Gasteiger partial charge in [-0.15, -0.1) is 0 Å². The molecule has 0 aliphatic heterocycles. The maximum Gasteiger partial charge on any atom is 0.194 e. The van der Waals surface area contributed by atoms with E-state index in [4.69, 9.17) is 11.6 Å². The third-order valence-electron chi connectivity index (χ3n) is 2.30. The molecule has 0 heterocycles. The Morgan fingerprint density at radius 3 is 2.53 bits per heavy atom. The average Bonchev–Trinajstić information content (AvgIpc) is 2.32. The van der Waals surface area contributed by atoms with Gasteiger partial charge in [-0.2, -0.15) is 0 Å². The van der Waals surface area contributed by atoms with Gasteiger partial charge in [0.2, 0.25) is 0 Å². The normalized spacial score (nSPS) is 10.3. The Kier molecular flexibility index (Phi) is 3.60. The van der Waals surface area contributed by atoms with Crippen molar-refractivity contribution in [1.82, 2.24) is 0 Å². The molecule has 17 heavy (non-hydrogen) atoms. The molecular weight excluding hydrogens is 306 g/mol. The van der Waals surface area contributed by atoms with Crippen molar-refractivity contribution in [2.24, 2.45) is 0 Å². The summed E-state index contributed by atoms with van der Waals surface area (Å²) in [5.41, 5.74) is 0.805. The van der Waals surface area contributed by atoms with Crippen LogP contribution < -0.4 is 0 Å². The molecule has 0 N–H and O–H groups in total. The van der Waals surface area contributed by atoms with Crippen LogP contribution in [0.25, 0.3) is 0 Å². The first-order valence-corrected chi connectivity index (χ1v) is 6.01. The van der Waals surface area contributed by atoms with Crippen LogP contribution in [0.2, 0.25) is 5.02 Å². The molecule has 2 aromatic carbocycles. The van der Waals surface area contributed by atoms with Gasteiger partial charge in [0, 0.05) is 11.1 Å². The second-order valence-corrected chi connectivity index (χ2v) is 4.70. The third kappa shape index (κ3) is 2.56. The maximum atomic E-state index is 13.1. The van der Waals surface area contributed by atoms with Crippen molar-refractivity contribution in [2.75, 3.05) is 0 Å². The molecule has 2 rings (SSSR count). The van der Waals surface area contributed by atoms with Crippen LogP contribution in [0.5, 0.6) is 0 Å². The highest BCUT2D eigenvalue weighted by atomic mass is 79.9. The second kappa shape index (κ2) is 4.98. The molecule has 0 saturated heterocycles. The first-order valence-electron chi connectivity index (χ1n) is 4.84. The number of hydrogen-bond acceptors (Lipinski definition) is 1. The monoisotopic (exact) mass is 312 g/mol. The summed E-state index contributed by atoms with van der Waals surface area (Å²) in [6, 6.07) is 10.9. The second-order valence-electron chi connectivity index (χ2n) is 3.44. The van der Waals surface area contributed by atoms with Gasteiger partial charge in [-0.25, -0.2) is 4.39 Å². The van der Waals surface area contributed by atoms with Crippen LogP contribution in [-0.4, -0.2) is 5.78 Å². The van der Waals surface area contributed by atoms with E-state index in [2.05, 4.69) is 15.9 Å². The van der Waals surface area contributed by atoms with E-state index >= 15 is 0 Å². The molecule has 86 valence electrons. The molecule has 0 aliphatic carbocycles. The number of hydrogen-bond donors (Lipinski definition) is 0. The number of halogens is 3. The first-order chi connectivity index (χ1) is 8.09. The maximum absolute atomic E-state index is 13.1. The molecule has 0 fully saturated rings. The van der Waals surface area contributed by atoms with Crippen molar-refractivity contribution >= 4 is 33.3 Å². The summed E-state index contributed by atoms with van der Waals surface area (Å²) in [7, 11) is 0. The minimum atomic E-state index is -0.402. The fourth-order valence-electron chi connectivity index (χ4n) is 1.44. The number of carbonyl (C=O) groups excluding carboxylic acids is 1. The van der Waals surface area contributed by atoms with Gasteiger partial charge in [-0.3, -0.25) is 4.79 Å². The minimum absolute atomic E-state index is 0.226. The molecule has 0 radical (unpaired) electrons. The summed E-state index contributed by atoms with van der Waals surface area (Å²) in [6.45, 7) is 0. The van der Waals surface area contributed by atoms with Crippen molar-refractivity contribution in [3.8, 4) is 0 Å². The van der Waals surface area contributed by atoms with Crippen molar-refractivity contribution in [2.45, 2.75) is 0 Å². The van der Waals surface area contributed by atoms with Gasteiger partial charge >= 0.3 is 0 Å². The summed E-state index contributed by atoms with van der Waals surface area (Å²) in [5.74, 6) is -0.628. The van der Waals surface area contributed by atoms with Gasteiger partial charge in [-0.1, -0.05) is 23.7 Å². The van der Waals surface area contributed by atoms with Crippen molar-refractivity contribution < 1.29 is 9.18 Å². The highest BCUT2D eigenvalue weighted by Crippen LogP contribution is 2.22. The zero-order valence-electron chi connectivity index (χ0n) is 8.58. The Bertz CT molecular complexity index is 583. The van der Waals surface area contributed by atoms with E-state index in [-0.39, 0.29) is 10.3 Å². The van der Waals surface area contributed by atoms with Gasteiger partial charge in [0.1, 0.15) is 5.82 Å². The molecule has 1 nitrogen and oxygen atoms in total. The number of rotatable bonds is 2. The largest absolute Gasteiger partial charge is 0.289 e. The van der Waals surface area contributed by atoms with E-state index in [9.17, 15) is 9.18 Å². The topological polar surface area (TPSA) is 17.1 Å². The van der Waals surface area contributed by atoms with Gasteiger partial charge in [0.25, 0.3) is 0 Å². The highest BCUT2D eigenvalue weighted by Gasteiger charge is 2.13. The van der Waals surface area contributed by atoms with Gasteiger partial charge in [0.05, 0.1) is 9.50 Å². The summed E-state index contributed by atoms with van der Waals surface area (Å²) >= 11 is 8.98. The quantitative estimate of drug-likeness (QED) is 0.748. The van der Waals surface area contributed by atoms with E-state index in [1.165, 1.54) is 18.2 Å². The minimum Gasteiger partial charge on any atom is -0.289 e. The lowest BCUT2D eigenvalue weighted by Crippen LogP contribution is -2.02. The summed E-state index contributed by atoms with van der Waals surface area (Å²) in [6.07, 6.45) is 0. The van der Waals surface area contributed by atoms with Gasteiger partial charge in [-0.05, 0) is 46.3 Å². The summed E-state index contributed by atoms with van der Waals surface area (Å²) in [5, 5.41) is 0.387. The fourth-order valence-corrected chi connectivity index (χ4v) is 2.04. The molecule has 0 spiro atoms. The smallest absolute Gasteiger partial charge is 0.194 e. The molecule has 0 atom stereocenters. The molecule has 4 heteroatoms. The molecule has 0 aromatic heterocycles.